The number of fused-ring (bicyclic) bond motifs is 1. The second kappa shape index (κ2) is 5.13. The number of amides is 1. The molecule has 18 heavy (non-hydrogen) atoms. The van der Waals surface area contributed by atoms with E-state index in [2.05, 4.69) is 4.74 Å². The maximum absolute atomic E-state index is 12.1. The summed E-state index contributed by atoms with van der Waals surface area (Å²) in [5.41, 5.74) is 1.17. The average molecular weight is 361 g/mol. The largest absolute Gasteiger partial charge is 0.508 e. The Hall–Kier alpha value is -1.31. The van der Waals surface area contributed by atoms with Gasteiger partial charge in [-0.25, -0.2) is 4.79 Å². The molecule has 5 nitrogen and oxygen atoms in total. The molecule has 6 heteroatoms. The second-order valence-corrected chi connectivity index (χ2v) is 5.17. The number of methoxy groups -OCH3 is 1. The zero-order valence-corrected chi connectivity index (χ0v) is 11.9. The number of carbonyl (C=O) groups is 2. The number of phenolic OH excluding ortho intramolecular Hbond substituents is 1. The Balaban J connectivity index is 2.56. The number of ether oxygens (including phenoxy) is 1. The third-order valence-electron chi connectivity index (χ3n) is 2.88. The van der Waals surface area contributed by atoms with Crippen LogP contribution in [0.15, 0.2) is 12.1 Å². The lowest BCUT2D eigenvalue weighted by atomic mass is 9.99. The number of hydrogen-bond donors (Lipinski definition) is 1. The van der Waals surface area contributed by atoms with Gasteiger partial charge in [-0.1, -0.05) is 0 Å². The first kappa shape index (κ1) is 13.1. The maximum atomic E-state index is 12.1. The number of hydrogen-bond acceptors (Lipinski definition) is 4. The van der Waals surface area contributed by atoms with Gasteiger partial charge in [-0.3, -0.25) is 7.91 Å². The monoisotopic (exact) mass is 361 g/mol. The van der Waals surface area contributed by atoms with E-state index >= 15 is 0 Å². The van der Waals surface area contributed by atoms with Gasteiger partial charge < -0.3 is 9.84 Å². The van der Waals surface area contributed by atoms with Crippen molar-refractivity contribution in [3.8, 4) is 5.75 Å². The van der Waals surface area contributed by atoms with Gasteiger partial charge in [-0.05, 0) is 25.0 Å². The molecular formula is C12H12INO4. The van der Waals surface area contributed by atoms with Crippen LogP contribution in [-0.2, 0) is 11.2 Å². The van der Waals surface area contributed by atoms with Gasteiger partial charge in [0.25, 0.3) is 5.91 Å². The van der Waals surface area contributed by atoms with Gasteiger partial charge in [-0.2, -0.15) is 0 Å². The van der Waals surface area contributed by atoms with Crippen molar-refractivity contribution in [2.75, 3.05) is 13.7 Å². The Bertz CT molecular complexity index is 515. The molecule has 1 heterocycles. The molecule has 0 aliphatic carbocycles. The molecule has 96 valence electrons. The lowest BCUT2D eigenvalue weighted by molar-refractivity contribution is 0.0600. The van der Waals surface area contributed by atoms with Gasteiger partial charge in [0, 0.05) is 17.7 Å². The highest BCUT2D eigenvalue weighted by Gasteiger charge is 2.25. The lowest BCUT2D eigenvalue weighted by Crippen LogP contribution is -2.20. The second-order valence-electron chi connectivity index (χ2n) is 4.01. The quantitative estimate of drug-likeness (QED) is 0.472. The molecule has 0 bridgehead atoms. The maximum Gasteiger partial charge on any atom is 0.338 e. The summed E-state index contributed by atoms with van der Waals surface area (Å²) in [5, 5.41) is 9.93. The van der Waals surface area contributed by atoms with Crippen molar-refractivity contribution in [2.45, 2.75) is 12.8 Å². The number of esters is 1. The van der Waals surface area contributed by atoms with Crippen molar-refractivity contribution in [1.29, 1.82) is 0 Å². The summed E-state index contributed by atoms with van der Waals surface area (Å²) in [7, 11) is 1.26. The van der Waals surface area contributed by atoms with Crippen LogP contribution in [-0.4, -0.2) is 33.8 Å². The van der Waals surface area contributed by atoms with Crippen molar-refractivity contribution in [1.82, 2.24) is 3.11 Å². The molecule has 0 saturated heterocycles. The predicted octanol–water partition coefficient (Wildman–Crippen LogP) is 1.92. The van der Waals surface area contributed by atoms with Crippen molar-refractivity contribution < 1.29 is 19.4 Å². The minimum absolute atomic E-state index is 0.0204. The predicted molar refractivity (Wildman–Crippen MR) is 72.8 cm³/mol. The van der Waals surface area contributed by atoms with Crippen LogP contribution in [0.5, 0.6) is 5.75 Å². The molecule has 0 radical (unpaired) electrons. The van der Waals surface area contributed by atoms with Crippen LogP contribution < -0.4 is 0 Å². The van der Waals surface area contributed by atoms with Crippen molar-refractivity contribution in [3.05, 3.63) is 28.8 Å². The van der Waals surface area contributed by atoms with Crippen LogP contribution in [0.2, 0.25) is 0 Å². The summed E-state index contributed by atoms with van der Waals surface area (Å²) in [4.78, 5) is 23.6. The fraction of sp³-hybridized carbons (Fsp3) is 0.333. The zero-order chi connectivity index (χ0) is 13.3. The third-order valence-corrected chi connectivity index (χ3v) is 3.80. The van der Waals surface area contributed by atoms with E-state index in [9.17, 15) is 14.7 Å². The Morgan fingerprint density at radius 3 is 2.89 bits per heavy atom. The summed E-state index contributed by atoms with van der Waals surface area (Å²) in [6.45, 7) is 0.626. The van der Waals surface area contributed by atoms with E-state index < -0.39 is 5.97 Å². The number of halogens is 1. The van der Waals surface area contributed by atoms with Gasteiger partial charge in [0.1, 0.15) is 5.75 Å². The third kappa shape index (κ3) is 2.29. The number of benzene rings is 1. The first-order chi connectivity index (χ1) is 8.54. The summed E-state index contributed by atoms with van der Waals surface area (Å²) in [5.74, 6) is -0.776. The highest BCUT2D eigenvalue weighted by atomic mass is 127. The molecule has 1 amide bonds. The molecule has 1 aromatic carbocycles. The van der Waals surface area contributed by atoms with Crippen molar-refractivity contribution in [2.24, 2.45) is 0 Å². The SMILES string of the molecule is COC(=O)c1cc(O)c2c(c1)C(=O)N(I)CCC2. The first-order valence-corrected chi connectivity index (χ1v) is 6.43. The molecular weight excluding hydrogens is 349 g/mol. The molecule has 0 fully saturated rings. The first-order valence-electron chi connectivity index (χ1n) is 5.46. The standard InChI is InChI=1S/C12H12INO4/c1-18-12(17)7-5-9-8(10(15)6-7)3-2-4-14(13)11(9)16/h5-6,15H,2-4H2,1H3. The fourth-order valence-electron chi connectivity index (χ4n) is 1.97. The van der Waals surface area contributed by atoms with Crippen LogP contribution >= 0.6 is 22.9 Å². The van der Waals surface area contributed by atoms with E-state index in [0.717, 1.165) is 6.42 Å². The van der Waals surface area contributed by atoms with E-state index in [1.807, 2.05) is 22.9 Å². The van der Waals surface area contributed by atoms with E-state index in [-0.39, 0.29) is 17.2 Å². The van der Waals surface area contributed by atoms with Gasteiger partial charge in [0.2, 0.25) is 0 Å². The molecule has 0 aromatic heterocycles. The molecule has 0 saturated carbocycles. The molecule has 2 rings (SSSR count). The Morgan fingerprint density at radius 2 is 2.22 bits per heavy atom. The zero-order valence-electron chi connectivity index (χ0n) is 9.77. The molecule has 1 aliphatic heterocycles. The topological polar surface area (TPSA) is 66.8 Å². The Kier molecular flexibility index (Phi) is 3.74. The Labute approximate surface area is 118 Å². The average Bonchev–Trinajstić information content (AvgIpc) is 2.50. The number of aromatic hydroxyl groups is 1. The number of nitrogens with zero attached hydrogens (tertiary/aromatic N) is 1. The molecule has 0 atom stereocenters. The molecule has 1 aromatic rings. The molecule has 1 aliphatic rings. The van der Waals surface area contributed by atoms with E-state index in [4.69, 9.17) is 0 Å². The number of rotatable bonds is 1. The van der Waals surface area contributed by atoms with E-state index in [0.29, 0.717) is 24.1 Å². The van der Waals surface area contributed by atoms with Crippen LogP contribution in [0.25, 0.3) is 0 Å². The van der Waals surface area contributed by atoms with Crippen LogP contribution in [0, 0.1) is 0 Å². The van der Waals surface area contributed by atoms with E-state index in [1.54, 1.807) is 3.11 Å². The van der Waals surface area contributed by atoms with E-state index in [1.165, 1.54) is 19.2 Å². The van der Waals surface area contributed by atoms with Gasteiger partial charge in [0.15, 0.2) is 0 Å². The lowest BCUT2D eigenvalue weighted by Gasteiger charge is -2.12. The number of carbonyl (C=O) groups excluding carboxylic acids is 2. The summed E-state index contributed by atoms with van der Waals surface area (Å²) < 4.78 is 6.16. The van der Waals surface area contributed by atoms with Crippen LogP contribution in [0.1, 0.15) is 32.7 Å². The highest BCUT2D eigenvalue weighted by Crippen LogP contribution is 2.29. The normalized spacial score (nSPS) is 15.0. The van der Waals surface area contributed by atoms with Gasteiger partial charge >= 0.3 is 5.97 Å². The van der Waals surface area contributed by atoms with Gasteiger partial charge in [0.05, 0.1) is 35.5 Å². The smallest absolute Gasteiger partial charge is 0.338 e. The summed E-state index contributed by atoms with van der Waals surface area (Å²) in [6.07, 6.45) is 1.40. The highest BCUT2D eigenvalue weighted by molar-refractivity contribution is 14.1. The van der Waals surface area contributed by atoms with Gasteiger partial charge in [-0.15, -0.1) is 0 Å². The fourth-order valence-corrected chi connectivity index (χ4v) is 2.57. The Morgan fingerprint density at radius 1 is 1.50 bits per heavy atom. The van der Waals surface area contributed by atoms with Crippen LogP contribution in [0.4, 0.5) is 0 Å². The minimum Gasteiger partial charge on any atom is -0.508 e. The summed E-state index contributed by atoms with van der Waals surface area (Å²) in [6, 6.07) is 2.83. The molecule has 0 unspecified atom stereocenters. The van der Waals surface area contributed by atoms with Crippen molar-refractivity contribution >= 4 is 34.7 Å². The summed E-state index contributed by atoms with van der Waals surface area (Å²) >= 11 is 1.94. The number of phenols is 1. The minimum atomic E-state index is -0.565. The molecule has 0 spiro atoms. The molecule has 1 N–H and O–H groups in total. The van der Waals surface area contributed by atoms with Crippen molar-refractivity contribution in [3.63, 3.8) is 0 Å². The van der Waals surface area contributed by atoms with Crippen LogP contribution in [0.3, 0.4) is 0 Å².